The van der Waals surface area contributed by atoms with Crippen molar-refractivity contribution in [3.63, 3.8) is 0 Å². The minimum absolute atomic E-state index is 0.716. The number of nitrogens with zero attached hydrogens (tertiary/aromatic N) is 1. The molecule has 94 valence electrons. The quantitative estimate of drug-likeness (QED) is 0.899. The lowest BCUT2D eigenvalue weighted by Gasteiger charge is -2.20. The molecule has 3 rings (SSSR count). The van der Waals surface area contributed by atoms with Gasteiger partial charge in [-0.1, -0.05) is 30.3 Å². The first kappa shape index (κ1) is 11.5. The van der Waals surface area contributed by atoms with Gasteiger partial charge in [0.2, 0.25) is 0 Å². The van der Waals surface area contributed by atoms with Gasteiger partial charge < -0.3 is 9.73 Å². The molecule has 0 aliphatic carbocycles. The van der Waals surface area contributed by atoms with Crippen LogP contribution in [0.15, 0.2) is 40.9 Å². The lowest BCUT2D eigenvalue weighted by Crippen LogP contribution is -2.28. The minimum atomic E-state index is 0.716. The van der Waals surface area contributed by atoms with Gasteiger partial charge >= 0.3 is 0 Å². The Morgan fingerprint density at radius 2 is 1.94 bits per heavy atom. The standard InChI is InChI=1S/C15H18N2O/c1-2-4-13(5-3-1)14-11-17-15(18-14)10-12-6-8-16-9-7-12/h1-5,11-12,16H,6-10H2. The molecule has 0 amide bonds. The zero-order valence-electron chi connectivity index (χ0n) is 10.4. The van der Waals surface area contributed by atoms with Gasteiger partial charge in [-0.3, -0.25) is 0 Å². The molecule has 1 saturated heterocycles. The maximum atomic E-state index is 5.84. The van der Waals surface area contributed by atoms with E-state index in [0.29, 0.717) is 5.92 Å². The average molecular weight is 242 g/mol. The summed E-state index contributed by atoms with van der Waals surface area (Å²) >= 11 is 0. The first-order valence-electron chi connectivity index (χ1n) is 6.62. The fraction of sp³-hybridized carbons (Fsp3) is 0.400. The van der Waals surface area contributed by atoms with Gasteiger partial charge in [-0.25, -0.2) is 4.98 Å². The fourth-order valence-electron chi connectivity index (χ4n) is 2.47. The number of rotatable bonds is 3. The van der Waals surface area contributed by atoms with E-state index < -0.39 is 0 Å². The molecule has 3 heteroatoms. The average Bonchev–Trinajstić information content (AvgIpc) is 2.89. The second-order valence-electron chi connectivity index (χ2n) is 4.88. The van der Waals surface area contributed by atoms with E-state index in [0.717, 1.165) is 36.7 Å². The van der Waals surface area contributed by atoms with Gasteiger partial charge in [0, 0.05) is 12.0 Å². The molecule has 1 N–H and O–H groups in total. The Labute approximate surface area is 107 Å². The van der Waals surface area contributed by atoms with Crippen molar-refractivity contribution in [3.8, 4) is 11.3 Å². The Morgan fingerprint density at radius 3 is 2.72 bits per heavy atom. The Kier molecular flexibility index (Phi) is 3.42. The molecule has 0 spiro atoms. The van der Waals surface area contributed by atoms with Crippen molar-refractivity contribution in [2.24, 2.45) is 5.92 Å². The molecule has 0 saturated carbocycles. The van der Waals surface area contributed by atoms with Gasteiger partial charge in [0.1, 0.15) is 0 Å². The van der Waals surface area contributed by atoms with Crippen molar-refractivity contribution in [2.45, 2.75) is 19.3 Å². The van der Waals surface area contributed by atoms with Crippen LogP contribution in [0.3, 0.4) is 0 Å². The van der Waals surface area contributed by atoms with Crippen molar-refractivity contribution in [2.75, 3.05) is 13.1 Å². The number of nitrogens with one attached hydrogen (secondary N) is 1. The molecular weight excluding hydrogens is 224 g/mol. The van der Waals surface area contributed by atoms with E-state index in [1.165, 1.54) is 12.8 Å². The smallest absolute Gasteiger partial charge is 0.195 e. The van der Waals surface area contributed by atoms with Crippen molar-refractivity contribution < 1.29 is 4.42 Å². The molecule has 18 heavy (non-hydrogen) atoms. The van der Waals surface area contributed by atoms with Crippen LogP contribution in [0.2, 0.25) is 0 Å². The first-order chi connectivity index (χ1) is 8.92. The van der Waals surface area contributed by atoms with Crippen LogP contribution in [-0.4, -0.2) is 18.1 Å². The van der Waals surface area contributed by atoms with E-state index in [1.807, 2.05) is 24.4 Å². The fourth-order valence-corrected chi connectivity index (χ4v) is 2.47. The van der Waals surface area contributed by atoms with Crippen LogP contribution in [0, 0.1) is 5.92 Å². The summed E-state index contributed by atoms with van der Waals surface area (Å²) in [5, 5.41) is 3.38. The highest BCUT2D eigenvalue weighted by atomic mass is 16.4. The molecule has 1 aliphatic rings. The van der Waals surface area contributed by atoms with Crippen molar-refractivity contribution in [1.82, 2.24) is 10.3 Å². The third-order valence-electron chi connectivity index (χ3n) is 3.53. The van der Waals surface area contributed by atoms with Gasteiger partial charge in [-0.2, -0.15) is 0 Å². The van der Waals surface area contributed by atoms with Crippen LogP contribution >= 0.6 is 0 Å². The van der Waals surface area contributed by atoms with Gasteiger partial charge in [-0.05, 0) is 31.8 Å². The second kappa shape index (κ2) is 5.36. The third-order valence-corrected chi connectivity index (χ3v) is 3.53. The van der Waals surface area contributed by atoms with Crippen molar-refractivity contribution in [1.29, 1.82) is 0 Å². The highest BCUT2D eigenvalue weighted by molar-refractivity contribution is 5.55. The highest BCUT2D eigenvalue weighted by Crippen LogP contribution is 2.23. The van der Waals surface area contributed by atoms with E-state index >= 15 is 0 Å². The summed E-state index contributed by atoms with van der Waals surface area (Å²) in [4.78, 5) is 4.40. The van der Waals surface area contributed by atoms with E-state index in [4.69, 9.17) is 4.42 Å². The number of hydrogen-bond acceptors (Lipinski definition) is 3. The molecular formula is C15H18N2O. The minimum Gasteiger partial charge on any atom is -0.441 e. The summed E-state index contributed by atoms with van der Waals surface area (Å²) < 4.78 is 5.84. The zero-order chi connectivity index (χ0) is 12.2. The van der Waals surface area contributed by atoms with Crippen molar-refractivity contribution in [3.05, 3.63) is 42.4 Å². The van der Waals surface area contributed by atoms with Gasteiger partial charge in [0.05, 0.1) is 6.20 Å². The Balaban J connectivity index is 1.69. The van der Waals surface area contributed by atoms with E-state index in [9.17, 15) is 0 Å². The van der Waals surface area contributed by atoms with Crippen molar-refractivity contribution >= 4 is 0 Å². The maximum Gasteiger partial charge on any atom is 0.195 e. The number of hydrogen-bond donors (Lipinski definition) is 1. The number of oxazole rings is 1. The predicted octanol–water partition coefficient (Wildman–Crippen LogP) is 2.88. The molecule has 0 radical (unpaired) electrons. The largest absolute Gasteiger partial charge is 0.441 e. The monoisotopic (exact) mass is 242 g/mol. The summed E-state index contributed by atoms with van der Waals surface area (Å²) in [5.74, 6) is 2.47. The molecule has 0 bridgehead atoms. The maximum absolute atomic E-state index is 5.84. The lowest BCUT2D eigenvalue weighted by molar-refractivity contribution is 0.343. The van der Waals surface area contributed by atoms with Gasteiger partial charge in [0.25, 0.3) is 0 Å². The summed E-state index contributed by atoms with van der Waals surface area (Å²) in [6.45, 7) is 2.24. The van der Waals surface area contributed by atoms with Gasteiger partial charge in [-0.15, -0.1) is 0 Å². The van der Waals surface area contributed by atoms with Crippen LogP contribution in [0.1, 0.15) is 18.7 Å². The van der Waals surface area contributed by atoms with E-state index in [1.54, 1.807) is 0 Å². The Hall–Kier alpha value is -1.61. The Bertz CT molecular complexity index is 486. The normalized spacial score (nSPS) is 16.9. The van der Waals surface area contributed by atoms with E-state index in [-0.39, 0.29) is 0 Å². The third kappa shape index (κ3) is 2.62. The number of benzene rings is 1. The zero-order valence-corrected chi connectivity index (χ0v) is 10.4. The topological polar surface area (TPSA) is 38.1 Å². The van der Waals surface area contributed by atoms with Crippen LogP contribution in [0.4, 0.5) is 0 Å². The van der Waals surface area contributed by atoms with Gasteiger partial charge in [0.15, 0.2) is 11.7 Å². The molecule has 1 aromatic carbocycles. The Morgan fingerprint density at radius 1 is 1.17 bits per heavy atom. The molecule has 0 atom stereocenters. The summed E-state index contributed by atoms with van der Waals surface area (Å²) in [7, 11) is 0. The molecule has 2 aromatic rings. The summed E-state index contributed by atoms with van der Waals surface area (Å²) in [6.07, 6.45) is 5.26. The first-order valence-corrected chi connectivity index (χ1v) is 6.62. The lowest BCUT2D eigenvalue weighted by atomic mass is 9.95. The highest BCUT2D eigenvalue weighted by Gasteiger charge is 2.16. The van der Waals surface area contributed by atoms with Crippen LogP contribution in [0.5, 0.6) is 0 Å². The second-order valence-corrected chi connectivity index (χ2v) is 4.88. The van der Waals surface area contributed by atoms with Crippen LogP contribution in [0.25, 0.3) is 11.3 Å². The summed E-state index contributed by atoms with van der Waals surface area (Å²) in [5.41, 5.74) is 1.10. The molecule has 3 nitrogen and oxygen atoms in total. The molecule has 1 fully saturated rings. The van der Waals surface area contributed by atoms with E-state index in [2.05, 4.69) is 22.4 Å². The molecule has 0 unspecified atom stereocenters. The van der Waals surface area contributed by atoms with Crippen LogP contribution in [-0.2, 0) is 6.42 Å². The SMILES string of the molecule is c1ccc(-c2cnc(CC3CCNCC3)o2)cc1. The summed E-state index contributed by atoms with van der Waals surface area (Å²) in [6, 6.07) is 10.1. The molecule has 2 heterocycles. The predicted molar refractivity (Wildman–Crippen MR) is 71.2 cm³/mol. The van der Waals surface area contributed by atoms with Crippen LogP contribution < -0.4 is 5.32 Å². The molecule has 1 aromatic heterocycles. The number of aromatic nitrogens is 1. The number of piperidine rings is 1. The molecule has 1 aliphatic heterocycles.